The zero-order valence-electron chi connectivity index (χ0n) is 56.7. The first-order chi connectivity index (χ1) is 40.7. The van der Waals surface area contributed by atoms with Crippen LogP contribution in [0.4, 0.5) is 51.2 Å². The summed E-state index contributed by atoms with van der Waals surface area (Å²) in [5, 5.41) is 1.21. The molecule has 87 heavy (non-hydrogen) atoms. The molecular weight excluding hydrogens is 1050 g/mol. The van der Waals surface area contributed by atoms with Crippen molar-refractivity contribution in [1.82, 2.24) is 0 Å². The van der Waals surface area contributed by atoms with Crippen LogP contribution >= 0.6 is 0 Å². The van der Waals surface area contributed by atoms with Crippen LogP contribution in [0.25, 0.3) is 11.0 Å². The van der Waals surface area contributed by atoms with Crippen molar-refractivity contribution in [2.45, 2.75) is 245 Å². The predicted molar refractivity (Wildman–Crippen MR) is 374 cm³/mol. The summed E-state index contributed by atoms with van der Waals surface area (Å²) >= 11 is 0. The van der Waals surface area contributed by atoms with Crippen LogP contribution in [0, 0.1) is 0 Å². The Balaban J connectivity index is 1.17. The third kappa shape index (κ3) is 8.92. The van der Waals surface area contributed by atoms with Crippen molar-refractivity contribution in [2.75, 3.05) is 14.7 Å². The maximum absolute atomic E-state index is 7.97. The summed E-state index contributed by atoms with van der Waals surface area (Å²) in [5.41, 5.74) is 29.8. The lowest BCUT2D eigenvalue weighted by Crippen LogP contribution is -2.61. The first kappa shape index (κ1) is 58.2. The number of hydrogen-bond acceptors (Lipinski definition) is 4. The van der Waals surface area contributed by atoms with Crippen LogP contribution in [0.3, 0.4) is 0 Å². The zero-order valence-corrected chi connectivity index (χ0v) is 56.7. The molecule has 0 N–H and O–H groups in total. The van der Waals surface area contributed by atoms with Crippen molar-refractivity contribution in [2.24, 2.45) is 0 Å². The van der Waals surface area contributed by atoms with E-state index >= 15 is 0 Å². The zero-order chi connectivity index (χ0) is 61.8. The van der Waals surface area contributed by atoms with Gasteiger partial charge in [0, 0.05) is 45.2 Å². The molecule has 0 atom stereocenters. The van der Waals surface area contributed by atoms with Gasteiger partial charge >= 0.3 is 0 Å². The fourth-order valence-electron chi connectivity index (χ4n) is 17.2. The summed E-state index contributed by atoms with van der Waals surface area (Å²) in [5.74, 6) is 0.819. The van der Waals surface area contributed by atoms with Crippen molar-refractivity contribution in [1.29, 1.82) is 0 Å². The van der Waals surface area contributed by atoms with Crippen LogP contribution < -0.4 is 31.3 Å². The molecule has 0 saturated carbocycles. The highest BCUT2D eigenvalue weighted by molar-refractivity contribution is 7.00. The van der Waals surface area contributed by atoms with Gasteiger partial charge in [-0.05, 0) is 252 Å². The Morgan fingerprint density at radius 2 is 0.736 bits per heavy atom. The average molecular weight is 1150 g/mol. The van der Waals surface area contributed by atoms with E-state index < -0.39 is 0 Å². The van der Waals surface area contributed by atoms with Gasteiger partial charge < -0.3 is 19.1 Å². The van der Waals surface area contributed by atoms with Gasteiger partial charge in [0.05, 0.1) is 17.0 Å². The molecule has 0 unspecified atom stereocenters. The van der Waals surface area contributed by atoms with Crippen molar-refractivity contribution in [3.63, 3.8) is 0 Å². The van der Waals surface area contributed by atoms with Gasteiger partial charge in [0.2, 0.25) is 0 Å². The highest BCUT2D eigenvalue weighted by atomic mass is 16.3. The van der Waals surface area contributed by atoms with Crippen LogP contribution in [0.2, 0.25) is 0 Å². The highest BCUT2D eigenvalue weighted by Gasteiger charge is 2.51. The second kappa shape index (κ2) is 19.0. The number of fused-ring (bicyclic) bond motifs is 10. The van der Waals surface area contributed by atoms with Crippen LogP contribution in [-0.2, 0) is 43.3 Å². The number of benzene rings is 7. The topological polar surface area (TPSA) is 22.9 Å². The Morgan fingerprint density at radius 1 is 0.368 bits per heavy atom. The lowest BCUT2D eigenvalue weighted by molar-refractivity contribution is 0.332. The van der Waals surface area contributed by atoms with Crippen molar-refractivity contribution >= 4 is 85.5 Å². The van der Waals surface area contributed by atoms with E-state index in [1.54, 1.807) is 0 Å². The van der Waals surface area contributed by atoms with E-state index in [2.05, 4.69) is 275 Å². The summed E-state index contributed by atoms with van der Waals surface area (Å²) < 4.78 is 7.97. The minimum absolute atomic E-state index is 0.00329. The molecule has 0 radical (unpaired) electrons. The summed E-state index contributed by atoms with van der Waals surface area (Å²) in [6, 6.07) is 49.8. The van der Waals surface area contributed by atoms with E-state index in [0.29, 0.717) is 11.8 Å². The molecule has 7 aromatic carbocycles. The van der Waals surface area contributed by atoms with Crippen LogP contribution in [0.15, 0.2) is 126 Å². The molecular formula is C82H98BN3O. The summed E-state index contributed by atoms with van der Waals surface area (Å²) in [6.45, 7) is 48.7. The average Bonchev–Trinajstić information content (AvgIpc) is 1.69. The number of rotatable bonds is 7. The van der Waals surface area contributed by atoms with E-state index in [1.165, 1.54) is 112 Å². The van der Waals surface area contributed by atoms with E-state index in [4.69, 9.17) is 4.42 Å². The van der Waals surface area contributed by atoms with Gasteiger partial charge in [-0.15, -0.1) is 0 Å². The first-order valence-electron chi connectivity index (χ1n) is 33.6. The lowest BCUT2D eigenvalue weighted by Gasteiger charge is -2.47. The Labute approximate surface area is 523 Å². The fraction of sp³-hybridized carbons (Fsp3) is 0.463. The quantitative estimate of drug-likeness (QED) is 0.148. The van der Waals surface area contributed by atoms with Gasteiger partial charge in [0.25, 0.3) is 6.71 Å². The third-order valence-corrected chi connectivity index (χ3v) is 23.7. The third-order valence-electron chi connectivity index (χ3n) is 23.7. The smallest absolute Gasteiger partial charge is 0.297 e. The van der Waals surface area contributed by atoms with Crippen molar-refractivity contribution < 1.29 is 4.42 Å². The second-order valence-electron chi connectivity index (χ2n) is 34.0. The molecule has 450 valence electrons. The fourth-order valence-corrected chi connectivity index (χ4v) is 17.2. The molecule has 4 nitrogen and oxygen atoms in total. The monoisotopic (exact) mass is 1150 g/mol. The Hall–Kier alpha value is -6.46. The van der Waals surface area contributed by atoms with E-state index in [1.807, 2.05) is 0 Å². The minimum atomic E-state index is -0.205. The first-order valence-corrected chi connectivity index (χ1v) is 33.6. The maximum Gasteiger partial charge on any atom is 0.297 e. The van der Waals surface area contributed by atoms with E-state index in [-0.39, 0.29) is 50.0 Å². The Morgan fingerprint density at radius 3 is 1.17 bits per heavy atom. The molecule has 4 aliphatic carbocycles. The summed E-state index contributed by atoms with van der Waals surface area (Å²) in [4.78, 5) is 8.01. The number of hydrogen-bond donors (Lipinski definition) is 0. The van der Waals surface area contributed by atoms with Gasteiger partial charge in [0.1, 0.15) is 5.58 Å². The molecule has 1 aromatic heterocycles. The van der Waals surface area contributed by atoms with Crippen LogP contribution in [-0.4, -0.2) is 6.71 Å². The van der Waals surface area contributed by atoms with Crippen LogP contribution in [0.1, 0.15) is 257 Å². The number of anilines is 9. The summed E-state index contributed by atoms with van der Waals surface area (Å²) in [6.07, 6.45) is 9.17. The standard InChI is InChI=1S/C82H98BN3O/c1-49(2)51-21-25-53(26-22-51)84(54-27-23-52(24-28-54)50(3)4)57-43-69-72-70(44-57)86(56-30-32-60-62(42-56)78(11,12)36-34-76(60,7)8)73-58-45-63-66(82(19,20)40-37-79(63,13)14)48-71(58)87-74(73)83(72)67-46-64-65(81(17,18)39-38-80(64,15)16)47-68(67)85(69)55-29-31-59-61(41-55)77(9,10)35-33-75(59,5)6/h21-32,41-50H,33-40H2,1-20H3. The van der Waals surface area contributed by atoms with E-state index in [0.717, 1.165) is 73.3 Å². The van der Waals surface area contributed by atoms with Crippen LogP contribution in [0.5, 0.6) is 0 Å². The van der Waals surface area contributed by atoms with Crippen molar-refractivity contribution in [3.8, 4) is 0 Å². The molecule has 5 heteroatoms. The van der Waals surface area contributed by atoms with Crippen molar-refractivity contribution in [3.05, 3.63) is 177 Å². The normalized spacial score (nSPS) is 20.7. The van der Waals surface area contributed by atoms with Gasteiger partial charge in [-0.25, -0.2) is 0 Å². The molecule has 3 heterocycles. The minimum Gasteiger partial charge on any atom is -0.468 e. The molecule has 14 rings (SSSR count). The second-order valence-corrected chi connectivity index (χ2v) is 34.0. The molecule has 8 aromatic rings. The largest absolute Gasteiger partial charge is 0.468 e. The molecule has 0 bridgehead atoms. The highest BCUT2D eigenvalue weighted by Crippen LogP contribution is 2.57. The van der Waals surface area contributed by atoms with E-state index in [9.17, 15) is 0 Å². The predicted octanol–water partition coefficient (Wildman–Crippen LogP) is 21.6. The number of nitrogens with zero attached hydrogens (tertiary/aromatic N) is 3. The molecule has 0 spiro atoms. The van der Waals surface area contributed by atoms with Gasteiger partial charge in [-0.2, -0.15) is 0 Å². The molecule has 0 saturated heterocycles. The molecule has 6 aliphatic rings. The Bertz CT molecular complexity index is 4080. The number of furan rings is 1. The molecule has 0 amide bonds. The summed E-state index contributed by atoms with van der Waals surface area (Å²) in [7, 11) is 0. The Kier molecular flexibility index (Phi) is 12.7. The van der Waals surface area contributed by atoms with Gasteiger partial charge in [-0.3, -0.25) is 0 Å². The molecule has 0 fully saturated rings. The van der Waals surface area contributed by atoms with Gasteiger partial charge in [0.15, 0.2) is 0 Å². The maximum atomic E-state index is 7.97. The lowest BCUT2D eigenvalue weighted by atomic mass is 9.35. The van der Waals surface area contributed by atoms with Gasteiger partial charge in [-0.1, -0.05) is 181 Å². The SMILES string of the molecule is CC(C)c1ccc(N(c2ccc(C(C)C)cc2)c2cc3c4c(c2)N(c2ccc5c(c2)C(C)(C)CCC5(C)C)c2c(oc5cc6c(cc25)C(C)(C)CCC6(C)C)B4c2cc4c(cc2N3c2ccc3c(c2)C(C)(C)CCC3(C)C)C(C)(C)CCC4(C)C)cc1. The molecule has 2 aliphatic heterocycles.